The SMILES string of the molecule is CC(C)(C)OC(=O)[C@@H](Cc1cccc(OCCNCCOc2cccc(C[C@H](C(=O)OC(C)(C)C)[C@H]3CCN(C(=O)OC(C)(C)C)C3)c2)c1)[C@H]1CCN(C(=O)OC(C)(C)C)C1. The molecule has 2 aromatic carbocycles. The zero-order valence-corrected chi connectivity index (χ0v) is 38.9. The highest BCUT2D eigenvalue weighted by Gasteiger charge is 2.40. The minimum Gasteiger partial charge on any atom is -0.492 e. The molecule has 0 unspecified atom stereocenters. The fraction of sp³-hybridized carbons (Fsp3) is 0.667. The van der Waals surface area contributed by atoms with Crippen LogP contribution in [0.4, 0.5) is 9.59 Å². The van der Waals surface area contributed by atoms with Crippen molar-refractivity contribution in [2.45, 2.75) is 131 Å². The van der Waals surface area contributed by atoms with Crippen LogP contribution in [0.25, 0.3) is 0 Å². The molecule has 0 saturated carbocycles. The molecule has 61 heavy (non-hydrogen) atoms. The van der Waals surface area contributed by atoms with Gasteiger partial charge in [0.1, 0.15) is 47.1 Å². The van der Waals surface area contributed by atoms with E-state index in [9.17, 15) is 19.2 Å². The van der Waals surface area contributed by atoms with E-state index < -0.39 is 34.2 Å². The summed E-state index contributed by atoms with van der Waals surface area (Å²) in [6.07, 6.45) is 1.58. The van der Waals surface area contributed by atoms with Crippen molar-refractivity contribution in [1.82, 2.24) is 15.1 Å². The maximum absolute atomic E-state index is 13.5. The van der Waals surface area contributed by atoms with E-state index in [-0.39, 0.29) is 36.0 Å². The van der Waals surface area contributed by atoms with Crippen molar-refractivity contribution in [1.29, 1.82) is 0 Å². The molecule has 13 nitrogen and oxygen atoms in total. The van der Waals surface area contributed by atoms with Gasteiger partial charge in [-0.3, -0.25) is 9.59 Å². The van der Waals surface area contributed by atoms with Crippen molar-refractivity contribution < 1.29 is 47.6 Å². The molecule has 0 spiro atoms. The summed E-state index contributed by atoms with van der Waals surface area (Å²) >= 11 is 0. The molecule has 0 aromatic heterocycles. The van der Waals surface area contributed by atoms with Gasteiger partial charge in [0.2, 0.25) is 0 Å². The van der Waals surface area contributed by atoms with Crippen LogP contribution in [-0.4, -0.2) is 109 Å². The highest BCUT2D eigenvalue weighted by Crippen LogP contribution is 2.33. The van der Waals surface area contributed by atoms with Crippen molar-refractivity contribution in [2.24, 2.45) is 23.7 Å². The quantitative estimate of drug-likeness (QED) is 0.0992. The summed E-state index contributed by atoms with van der Waals surface area (Å²) in [5.74, 6) is -0.116. The first-order valence-electron chi connectivity index (χ1n) is 21.9. The standard InChI is InChI=1S/C48H73N3O10/c1-45(2,3)58-41(52)39(35-19-23-50(31-35)43(54)60-47(7,8)9)29-33-15-13-17-37(27-33)56-25-21-49-22-26-57-38-18-14-16-34(28-38)30-40(42(53)59-46(4,5)6)36-20-24-51(32-36)44(55)61-48(10,11)12/h13-18,27-28,35-36,39-40,49H,19-26,29-32H2,1-12H3/t35-,36-,39-,40-/m0/s1. The van der Waals surface area contributed by atoms with E-state index in [1.807, 2.05) is 132 Å². The lowest BCUT2D eigenvalue weighted by Crippen LogP contribution is -2.38. The van der Waals surface area contributed by atoms with E-state index in [0.29, 0.717) is 89.7 Å². The number of likely N-dealkylation sites (tertiary alicyclic amines) is 2. The smallest absolute Gasteiger partial charge is 0.410 e. The van der Waals surface area contributed by atoms with Gasteiger partial charge in [0, 0.05) is 39.3 Å². The predicted molar refractivity (Wildman–Crippen MR) is 235 cm³/mol. The Morgan fingerprint density at radius 2 is 0.934 bits per heavy atom. The van der Waals surface area contributed by atoms with Gasteiger partial charge in [0.15, 0.2) is 0 Å². The Morgan fingerprint density at radius 3 is 1.28 bits per heavy atom. The van der Waals surface area contributed by atoms with E-state index in [0.717, 1.165) is 11.1 Å². The molecule has 4 rings (SSSR count). The molecule has 2 aromatic rings. The van der Waals surface area contributed by atoms with Gasteiger partial charge >= 0.3 is 24.1 Å². The number of ether oxygens (including phenoxy) is 6. The van der Waals surface area contributed by atoms with Crippen LogP contribution in [-0.2, 0) is 41.4 Å². The highest BCUT2D eigenvalue weighted by atomic mass is 16.6. The van der Waals surface area contributed by atoms with Gasteiger partial charge in [0.25, 0.3) is 0 Å². The van der Waals surface area contributed by atoms with Crippen LogP contribution < -0.4 is 14.8 Å². The Balaban J connectivity index is 1.26. The first-order chi connectivity index (χ1) is 28.3. The fourth-order valence-corrected chi connectivity index (χ4v) is 7.50. The van der Waals surface area contributed by atoms with Crippen molar-refractivity contribution in [3.63, 3.8) is 0 Å². The number of hydrogen-bond donors (Lipinski definition) is 1. The van der Waals surface area contributed by atoms with Crippen LogP contribution in [0, 0.1) is 23.7 Å². The summed E-state index contributed by atoms with van der Waals surface area (Å²) < 4.78 is 35.1. The van der Waals surface area contributed by atoms with Crippen molar-refractivity contribution in [3.05, 3.63) is 59.7 Å². The molecule has 2 fully saturated rings. The minimum atomic E-state index is -0.635. The molecule has 2 amide bonds. The number of hydrogen-bond acceptors (Lipinski definition) is 11. The number of nitrogens with one attached hydrogen (secondary N) is 1. The van der Waals surface area contributed by atoms with Crippen LogP contribution in [0.3, 0.4) is 0 Å². The van der Waals surface area contributed by atoms with Crippen molar-refractivity contribution in [3.8, 4) is 11.5 Å². The van der Waals surface area contributed by atoms with Gasteiger partial charge in [-0.1, -0.05) is 24.3 Å². The van der Waals surface area contributed by atoms with E-state index in [2.05, 4.69) is 5.32 Å². The number of amides is 2. The molecule has 13 heteroatoms. The Labute approximate surface area is 364 Å². The summed E-state index contributed by atoms with van der Waals surface area (Å²) in [4.78, 5) is 56.0. The van der Waals surface area contributed by atoms with Gasteiger partial charge in [-0.15, -0.1) is 0 Å². The number of esters is 2. The van der Waals surface area contributed by atoms with Gasteiger partial charge in [-0.25, -0.2) is 9.59 Å². The Hall–Kier alpha value is -4.52. The lowest BCUT2D eigenvalue weighted by Gasteiger charge is -2.28. The molecule has 2 heterocycles. The minimum absolute atomic E-state index is 0.0642. The van der Waals surface area contributed by atoms with E-state index >= 15 is 0 Å². The summed E-state index contributed by atoms with van der Waals surface area (Å²) in [5.41, 5.74) is -0.553. The molecule has 0 aliphatic carbocycles. The third-order valence-electron chi connectivity index (χ3n) is 10.1. The first kappa shape index (κ1) is 49.1. The predicted octanol–water partition coefficient (Wildman–Crippen LogP) is 8.25. The molecule has 2 saturated heterocycles. The van der Waals surface area contributed by atoms with E-state index in [1.165, 1.54) is 0 Å². The van der Waals surface area contributed by atoms with E-state index in [1.54, 1.807) is 9.80 Å². The molecule has 2 aliphatic rings. The summed E-state index contributed by atoms with van der Waals surface area (Å²) in [5, 5.41) is 3.36. The van der Waals surface area contributed by atoms with Gasteiger partial charge < -0.3 is 43.5 Å². The number of carbonyl (C=O) groups excluding carboxylic acids is 4. The lowest BCUT2D eigenvalue weighted by molar-refractivity contribution is -0.163. The largest absolute Gasteiger partial charge is 0.492 e. The van der Waals surface area contributed by atoms with Crippen LogP contribution in [0.1, 0.15) is 107 Å². The second-order valence-corrected chi connectivity index (χ2v) is 20.4. The average Bonchev–Trinajstić information content (AvgIpc) is 3.81. The van der Waals surface area contributed by atoms with Gasteiger partial charge in [-0.05, 0) is 156 Å². The number of rotatable bonds is 16. The van der Waals surface area contributed by atoms with Crippen molar-refractivity contribution in [2.75, 3.05) is 52.5 Å². The second-order valence-electron chi connectivity index (χ2n) is 20.4. The molecule has 0 radical (unpaired) electrons. The monoisotopic (exact) mass is 852 g/mol. The van der Waals surface area contributed by atoms with Gasteiger partial charge in [-0.2, -0.15) is 0 Å². The van der Waals surface area contributed by atoms with E-state index in [4.69, 9.17) is 28.4 Å². The highest BCUT2D eigenvalue weighted by molar-refractivity contribution is 5.75. The van der Waals surface area contributed by atoms with Gasteiger partial charge in [0.05, 0.1) is 11.8 Å². The molecule has 4 atom stereocenters. The summed E-state index contributed by atoms with van der Waals surface area (Å²) in [6.45, 7) is 26.2. The summed E-state index contributed by atoms with van der Waals surface area (Å²) in [6, 6.07) is 15.6. The fourth-order valence-electron chi connectivity index (χ4n) is 7.50. The Bertz CT molecular complexity index is 1640. The zero-order chi connectivity index (χ0) is 45.2. The maximum atomic E-state index is 13.5. The number of benzene rings is 2. The number of carbonyl (C=O) groups is 4. The van der Waals surface area contributed by atoms with Crippen LogP contribution in [0.2, 0.25) is 0 Å². The first-order valence-corrected chi connectivity index (χ1v) is 21.9. The van der Waals surface area contributed by atoms with Crippen LogP contribution in [0.15, 0.2) is 48.5 Å². The summed E-state index contributed by atoms with van der Waals surface area (Å²) in [7, 11) is 0. The van der Waals surface area contributed by atoms with Crippen LogP contribution >= 0.6 is 0 Å². The molecular weight excluding hydrogens is 779 g/mol. The average molecular weight is 852 g/mol. The molecule has 2 aliphatic heterocycles. The zero-order valence-electron chi connectivity index (χ0n) is 38.9. The molecular formula is C48H73N3O10. The Morgan fingerprint density at radius 1 is 0.574 bits per heavy atom. The van der Waals surface area contributed by atoms with Crippen LogP contribution in [0.5, 0.6) is 11.5 Å². The normalized spacial score (nSPS) is 18.3. The third kappa shape index (κ3) is 17.4. The van der Waals surface area contributed by atoms with Crippen molar-refractivity contribution >= 4 is 24.1 Å². The lowest BCUT2D eigenvalue weighted by atomic mass is 9.86. The Kier molecular flexibility index (Phi) is 16.9. The molecule has 0 bridgehead atoms. The maximum Gasteiger partial charge on any atom is 0.410 e. The molecule has 1 N–H and O–H groups in total. The third-order valence-corrected chi connectivity index (χ3v) is 10.1. The topological polar surface area (TPSA) is 142 Å². The number of nitrogens with zero attached hydrogens (tertiary/aromatic N) is 2. The molecule has 340 valence electrons. The second kappa shape index (κ2) is 21.0.